The van der Waals surface area contributed by atoms with Gasteiger partial charge in [-0.25, -0.2) is 4.79 Å². The smallest absolute Gasteiger partial charge is 0.410 e. The first kappa shape index (κ1) is 18.5. The third kappa shape index (κ3) is 5.96. The average molecular weight is 325 g/mol. The van der Waals surface area contributed by atoms with E-state index in [1.807, 2.05) is 25.7 Å². The van der Waals surface area contributed by atoms with Gasteiger partial charge in [-0.3, -0.25) is 0 Å². The van der Waals surface area contributed by atoms with Crippen molar-refractivity contribution < 1.29 is 9.53 Å². The molecule has 2 fully saturated rings. The molecular weight excluding hydrogens is 290 g/mol. The van der Waals surface area contributed by atoms with Crippen LogP contribution in [-0.4, -0.2) is 67.3 Å². The number of rotatable bonds is 3. The van der Waals surface area contributed by atoms with Crippen LogP contribution in [0, 0.1) is 11.8 Å². The van der Waals surface area contributed by atoms with E-state index in [9.17, 15) is 4.79 Å². The Morgan fingerprint density at radius 3 is 2.39 bits per heavy atom. The highest BCUT2D eigenvalue weighted by molar-refractivity contribution is 5.68. The van der Waals surface area contributed by atoms with Gasteiger partial charge in [-0.2, -0.15) is 0 Å². The number of ether oxygens (including phenoxy) is 1. The van der Waals surface area contributed by atoms with E-state index in [0.717, 1.165) is 38.4 Å². The third-order valence-corrected chi connectivity index (χ3v) is 5.04. The lowest BCUT2D eigenvalue weighted by molar-refractivity contribution is 0.0181. The maximum atomic E-state index is 12.1. The lowest BCUT2D eigenvalue weighted by atomic mass is 9.92. The molecule has 0 aromatic heterocycles. The van der Waals surface area contributed by atoms with Crippen molar-refractivity contribution in [3.05, 3.63) is 0 Å². The molecule has 2 aliphatic heterocycles. The van der Waals surface area contributed by atoms with Crippen molar-refractivity contribution in [2.75, 3.05) is 39.8 Å². The predicted octanol–water partition coefficient (Wildman–Crippen LogP) is 2.56. The molecule has 5 heteroatoms. The summed E-state index contributed by atoms with van der Waals surface area (Å²) in [6.07, 6.45) is 3.24. The van der Waals surface area contributed by atoms with Gasteiger partial charge in [0.1, 0.15) is 5.60 Å². The third-order valence-electron chi connectivity index (χ3n) is 5.04. The van der Waals surface area contributed by atoms with Gasteiger partial charge < -0.3 is 19.9 Å². The van der Waals surface area contributed by atoms with Gasteiger partial charge in [-0.05, 0) is 72.0 Å². The first-order valence-corrected chi connectivity index (χ1v) is 9.14. The van der Waals surface area contributed by atoms with Gasteiger partial charge in [-0.15, -0.1) is 0 Å². The minimum Gasteiger partial charge on any atom is -0.444 e. The van der Waals surface area contributed by atoms with E-state index in [0.29, 0.717) is 12.0 Å². The Labute approximate surface area is 141 Å². The van der Waals surface area contributed by atoms with E-state index in [4.69, 9.17) is 4.74 Å². The second-order valence-corrected chi connectivity index (χ2v) is 8.45. The number of amides is 1. The first-order valence-electron chi connectivity index (χ1n) is 9.14. The number of likely N-dealkylation sites (tertiary alicyclic amines) is 2. The van der Waals surface area contributed by atoms with Crippen molar-refractivity contribution in [1.29, 1.82) is 0 Å². The van der Waals surface area contributed by atoms with Crippen molar-refractivity contribution in [3.63, 3.8) is 0 Å². The SMILES string of the molecule is CC1CN(C)CCC1NCC1CCN(C(=O)OC(C)(C)C)CC1. The van der Waals surface area contributed by atoms with E-state index >= 15 is 0 Å². The molecule has 5 nitrogen and oxygen atoms in total. The summed E-state index contributed by atoms with van der Waals surface area (Å²) in [5.74, 6) is 1.40. The van der Waals surface area contributed by atoms with Gasteiger partial charge in [0.15, 0.2) is 0 Å². The lowest BCUT2D eigenvalue weighted by Crippen LogP contribution is -2.49. The number of hydrogen-bond acceptors (Lipinski definition) is 4. The normalized spacial score (nSPS) is 28.0. The van der Waals surface area contributed by atoms with Crippen LogP contribution in [0.4, 0.5) is 4.79 Å². The lowest BCUT2D eigenvalue weighted by Gasteiger charge is -2.37. The van der Waals surface area contributed by atoms with Crippen LogP contribution >= 0.6 is 0 Å². The molecule has 0 bridgehead atoms. The molecule has 2 rings (SSSR count). The molecule has 134 valence electrons. The zero-order valence-corrected chi connectivity index (χ0v) is 15.6. The number of nitrogens with one attached hydrogen (secondary N) is 1. The molecule has 0 aromatic rings. The monoisotopic (exact) mass is 325 g/mol. The highest BCUT2D eigenvalue weighted by Crippen LogP contribution is 2.21. The number of hydrogen-bond donors (Lipinski definition) is 1. The maximum Gasteiger partial charge on any atom is 0.410 e. The number of piperidine rings is 2. The van der Waals surface area contributed by atoms with Crippen molar-refractivity contribution in [3.8, 4) is 0 Å². The van der Waals surface area contributed by atoms with Gasteiger partial charge >= 0.3 is 6.09 Å². The van der Waals surface area contributed by atoms with E-state index in [-0.39, 0.29) is 6.09 Å². The van der Waals surface area contributed by atoms with Crippen LogP contribution < -0.4 is 5.32 Å². The fourth-order valence-electron chi connectivity index (χ4n) is 3.62. The number of carbonyl (C=O) groups is 1. The molecule has 2 atom stereocenters. The summed E-state index contributed by atoms with van der Waals surface area (Å²) in [5.41, 5.74) is -0.403. The predicted molar refractivity (Wildman–Crippen MR) is 93.6 cm³/mol. The van der Waals surface area contributed by atoms with Crippen LogP contribution in [0.5, 0.6) is 0 Å². The summed E-state index contributed by atoms with van der Waals surface area (Å²) in [4.78, 5) is 16.4. The van der Waals surface area contributed by atoms with Gasteiger partial charge in [-0.1, -0.05) is 6.92 Å². The van der Waals surface area contributed by atoms with E-state index in [1.165, 1.54) is 19.5 Å². The minimum atomic E-state index is -0.403. The van der Waals surface area contributed by atoms with Gasteiger partial charge in [0.25, 0.3) is 0 Å². The van der Waals surface area contributed by atoms with E-state index in [1.54, 1.807) is 0 Å². The summed E-state index contributed by atoms with van der Waals surface area (Å²) < 4.78 is 5.46. The summed E-state index contributed by atoms with van der Waals surface area (Å²) >= 11 is 0. The van der Waals surface area contributed by atoms with E-state index < -0.39 is 5.60 Å². The zero-order chi connectivity index (χ0) is 17.0. The second-order valence-electron chi connectivity index (χ2n) is 8.45. The van der Waals surface area contributed by atoms with Gasteiger partial charge in [0, 0.05) is 25.7 Å². The maximum absolute atomic E-state index is 12.1. The largest absolute Gasteiger partial charge is 0.444 e. The van der Waals surface area contributed by atoms with Crippen LogP contribution in [0.1, 0.15) is 47.0 Å². The number of carbonyl (C=O) groups excluding carboxylic acids is 1. The molecule has 1 amide bonds. The molecular formula is C18H35N3O2. The average Bonchev–Trinajstić information content (AvgIpc) is 2.45. The summed E-state index contributed by atoms with van der Waals surface area (Å²) in [6.45, 7) is 13.2. The molecule has 0 aromatic carbocycles. The Morgan fingerprint density at radius 1 is 1.17 bits per heavy atom. The number of nitrogens with zero attached hydrogens (tertiary/aromatic N) is 2. The topological polar surface area (TPSA) is 44.8 Å². The van der Waals surface area contributed by atoms with Crippen molar-refractivity contribution in [2.45, 2.75) is 58.6 Å². The Balaban J connectivity index is 1.68. The van der Waals surface area contributed by atoms with Crippen molar-refractivity contribution >= 4 is 6.09 Å². The van der Waals surface area contributed by atoms with Gasteiger partial charge in [0.05, 0.1) is 0 Å². The van der Waals surface area contributed by atoms with Crippen molar-refractivity contribution in [1.82, 2.24) is 15.1 Å². The molecule has 0 spiro atoms. The standard InChI is InChI=1S/C18H35N3O2/c1-14-13-20(5)9-8-16(14)19-12-15-6-10-21(11-7-15)17(22)23-18(2,3)4/h14-16,19H,6-13H2,1-5H3. The van der Waals surface area contributed by atoms with Crippen LogP contribution in [0.2, 0.25) is 0 Å². The highest BCUT2D eigenvalue weighted by atomic mass is 16.6. The quantitative estimate of drug-likeness (QED) is 0.866. The molecule has 23 heavy (non-hydrogen) atoms. The minimum absolute atomic E-state index is 0.159. The molecule has 2 unspecified atom stereocenters. The molecule has 2 aliphatic rings. The molecule has 2 heterocycles. The Kier molecular flexibility index (Phi) is 6.32. The summed E-state index contributed by atoms with van der Waals surface area (Å²) in [7, 11) is 2.21. The molecule has 0 radical (unpaired) electrons. The molecule has 2 saturated heterocycles. The molecule has 0 saturated carbocycles. The Morgan fingerprint density at radius 2 is 1.83 bits per heavy atom. The van der Waals surface area contributed by atoms with Crippen molar-refractivity contribution in [2.24, 2.45) is 11.8 Å². The first-order chi connectivity index (χ1) is 10.7. The van der Waals surface area contributed by atoms with Gasteiger partial charge in [0.2, 0.25) is 0 Å². The fraction of sp³-hybridized carbons (Fsp3) is 0.944. The highest BCUT2D eigenvalue weighted by Gasteiger charge is 2.28. The Hall–Kier alpha value is -0.810. The molecule has 1 N–H and O–H groups in total. The molecule has 0 aliphatic carbocycles. The Bertz CT molecular complexity index is 386. The zero-order valence-electron chi connectivity index (χ0n) is 15.6. The summed E-state index contributed by atoms with van der Waals surface area (Å²) in [5, 5.41) is 3.78. The van der Waals surface area contributed by atoms with E-state index in [2.05, 4.69) is 24.2 Å². The summed E-state index contributed by atoms with van der Waals surface area (Å²) in [6, 6.07) is 0.648. The van der Waals surface area contributed by atoms with Crippen LogP contribution in [0.25, 0.3) is 0 Å². The second kappa shape index (κ2) is 7.84. The van der Waals surface area contributed by atoms with Crippen LogP contribution in [0.3, 0.4) is 0 Å². The van der Waals surface area contributed by atoms with Crippen LogP contribution in [0.15, 0.2) is 0 Å². The fourth-order valence-corrected chi connectivity index (χ4v) is 3.62. The van der Waals surface area contributed by atoms with Crippen LogP contribution in [-0.2, 0) is 4.74 Å².